The van der Waals surface area contributed by atoms with Crippen molar-refractivity contribution in [3.05, 3.63) is 23.2 Å². The van der Waals surface area contributed by atoms with Gasteiger partial charge in [-0.3, -0.25) is 20.1 Å². The number of nitrogens with one attached hydrogen (secondary N) is 1. The Morgan fingerprint density at radius 2 is 2.28 bits per heavy atom. The summed E-state index contributed by atoms with van der Waals surface area (Å²) in [5.74, 6) is -0.155. The Kier molecular flexibility index (Phi) is 3.89. The summed E-state index contributed by atoms with van der Waals surface area (Å²) >= 11 is 0. The maximum atomic E-state index is 11.5. The van der Waals surface area contributed by atoms with E-state index in [4.69, 9.17) is 4.74 Å². The molecule has 0 saturated carbocycles. The van der Waals surface area contributed by atoms with E-state index in [1.54, 1.807) is 20.8 Å². The van der Waals surface area contributed by atoms with E-state index >= 15 is 0 Å². The van der Waals surface area contributed by atoms with Gasteiger partial charge in [0, 0.05) is 6.54 Å². The lowest BCUT2D eigenvalue weighted by molar-refractivity contribution is -0.384. The van der Waals surface area contributed by atoms with Crippen LogP contribution >= 0.6 is 0 Å². The number of nitro groups is 1. The van der Waals surface area contributed by atoms with Crippen LogP contribution in [0.25, 0.3) is 0 Å². The number of rotatable bonds is 3. The van der Waals surface area contributed by atoms with Crippen molar-refractivity contribution in [1.29, 1.82) is 0 Å². The van der Waals surface area contributed by atoms with E-state index in [2.05, 4.69) is 17.3 Å². The first-order valence-corrected chi connectivity index (χ1v) is 5.24. The summed E-state index contributed by atoms with van der Waals surface area (Å²) in [5.41, 5.74) is -0.988. The standard InChI is InChI=1S/C10H15N4O4/c1-5-13-6-7(14(16)17)8(12-13)11-9(15)18-10(2,3)4/h6H,1,5H2,2-4H3,(H,11,12,15). The van der Waals surface area contributed by atoms with Gasteiger partial charge in [0.05, 0.1) is 4.92 Å². The number of aromatic nitrogens is 2. The van der Waals surface area contributed by atoms with Crippen LogP contribution in [-0.4, -0.2) is 26.4 Å². The van der Waals surface area contributed by atoms with E-state index in [1.807, 2.05) is 0 Å². The molecule has 0 aliphatic rings. The Bertz CT molecular complexity index is 461. The molecule has 8 heteroatoms. The molecule has 0 aliphatic carbocycles. The van der Waals surface area contributed by atoms with E-state index < -0.39 is 16.6 Å². The Hall–Kier alpha value is -2.12. The van der Waals surface area contributed by atoms with Crippen molar-refractivity contribution in [1.82, 2.24) is 9.78 Å². The van der Waals surface area contributed by atoms with Gasteiger partial charge in [-0.05, 0) is 27.7 Å². The monoisotopic (exact) mass is 255 g/mol. The van der Waals surface area contributed by atoms with Crippen molar-refractivity contribution >= 4 is 17.6 Å². The fourth-order valence-electron chi connectivity index (χ4n) is 1.15. The molecule has 0 atom stereocenters. The van der Waals surface area contributed by atoms with E-state index in [1.165, 1.54) is 10.9 Å². The van der Waals surface area contributed by atoms with Crippen LogP contribution < -0.4 is 5.32 Å². The molecule has 0 aliphatic heterocycles. The predicted molar refractivity (Wildman–Crippen MR) is 64.1 cm³/mol. The maximum Gasteiger partial charge on any atom is 0.413 e. The summed E-state index contributed by atoms with van der Waals surface area (Å²) < 4.78 is 6.24. The number of carbonyl (C=O) groups excluding carboxylic acids is 1. The number of hydrogen-bond donors (Lipinski definition) is 1. The molecule has 1 amide bonds. The van der Waals surface area contributed by atoms with Gasteiger partial charge in [-0.15, -0.1) is 5.10 Å². The van der Waals surface area contributed by atoms with Crippen LogP contribution in [0.5, 0.6) is 0 Å². The molecule has 8 nitrogen and oxygen atoms in total. The van der Waals surface area contributed by atoms with Crippen LogP contribution in [0.4, 0.5) is 16.3 Å². The molecule has 1 radical (unpaired) electrons. The molecule has 1 rings (SSSR count). The summed E-state index contributed by atoms with van der Waals surface area (Å²) in [5, 5.41) is 16.8. The van der Waals surface area contributed by atoms with Gasteiger partial charge in [0.2, 0.25) is 5.82 Å². The molecule has 99 valence electrons. The van der Waals surface area contributed by atoms with Crippen LogP contribution in [0.2, 0.25) is 0 Å². The normalized spacial score (nSPS) is 11.1. The third kappa shape index (κ3) is 3.72. The van der Waals surface area contributed by atoms with Crippen LogP contribution in [0.1, 0.15) is 20.8 Å². The smallest absolute Gasteiger partial charge is 0.413 e. The van der Waals surface area contributed by atoms with Crippen molar-refractivity contribution < 1.29 is 14.5 Å². The van der Waals surface area contributed by atoms with Gasteiger partial charge in [0.15, 0.2) is 0 Å². The minimum Gasteiger partial charge on any atom is -0.444 e. The molecule has 0 aromatic carbocycles. The number of carbonyl (C=O) groups is 1. The first-order valence-electron chi connectivity index (χ1n) is 5.24. The lowest BCUT2D eigenvalue weighted by atomic mass is 10.2. The van der Waals surface area contributed by atoms with Crippen LogP contribution in [0.3, 0.4) is 0 Å². The topological polar surface area (TPSA) is 99.3 Å². The van der Waals surface area contributed by atoms with E-state index in [0.717, 1.165) is 0 Å². The van der Waals surface area contributed by atoms with Crippen LogP contribution in [0.15, 0.2) is 6.20 Å². The summed E-state index contributed by atoms with van der Waals surface area (Å²) in [4.78, 5) is 21.6. The first-order chi connectivity index (χ1) is 8.23. The molecule has 0 spiro atoms. The second kappa shape index (κ2) is 5.03. The molecule has 1 heterocycles. The molecule has 0 saturated heterocycles. The molecule has 1 aromatic rings. The Balaban J connectivity index is 2.86. The molecule has 1 aromatic heterocycles. The second-order valence-electron chi connectivity index (χ2n) is 4.51. The number of hydrogen-bond acceptors (Lipinski definition) is 5. The van der Waals surface area contributed by atoms with E-state index in [0.29, 0.717) is 0 Å². The van der Waals surface area contributed by atoms with Crippen molar-refractivity contribution in [2.24, 2.45) is 0 Å². The summed E-state index contributed by atoms with van der Waals surface area (Å²) in [6.07, 6.45) is 0.402. The number of anilines is 1. The Morgan fingerprint density at radius 3 is 2.72 bits per heavy atom. The van der Waals surface area contributed by atoms with Gasteiger partial charge < -0.3 is 4.74 Å². The zero-order valence-corrected chi connectivity index (χ0v) is 10.5. The lowest BCUT2D eigenvalue weighted by Gasteiger charge is -2.18. The maximum absolute atomic E-state index is 11.5. The zero-order valence-electron chi connectivity index (χ0n) is 10.5. The fraction of sp³-hybridized carbons (Fsp3) is 0.500. The van der Waals surface area contributed by atoms with Crippen molar-refractivity contribution in [3.8, 4) is 0 Å². The third-order valence-corrected chi connectivity index (χ3v) is 1.79. The second-order valence-corrected chi connectivity index (χ2v) is 4.51. The van der Waals surface area contributed by atoms with Crippen molar-refractivity contribution in [2.45, 2.75) is 32.9 Å². The third-order valence-electron chi connectivity index (χ3n) is 1.79. The minimum absolute atomic E-state index is 0.155. The average molecular weight is 255 g/mol. The van der Waals surface area contributed by atoms with Gasteiger partial charge in [0.25, 0.3) is 0 Å². The van der Waals surface area contributed by atoms with Gasteiger partial charge in [0.1, 0.15) is 11.8 Å². The highest BCUT2D eigenvalue weighted by molar-refractivity contribution is 5.86. The Labute approximate surface area is 104 Å². The van der Waals surface area contributed by atoms with Crippen LogP contribution in [0, 0.1) is 17.0 Å². The lowest BCUT2D eigenvalue weighted by Crippen LogP contribution is -2.27. The number of amides is 1. The van der Waals surface area contributed by atoms with Gasteiger partial charge in [-0.1, -0.05) is 0 Å². The minimum atomic E-state index is -0.792. The fourth-order valence-corrected chi connectivity index (χ4v) is 1.15. The molecular weight excluding hydrogens is 240 g/mol. The SMILES string of the molecule is [CH2]Cn1cc([N+](=O)[O-])c(NC(=O)OC(C)(C)C)n1. The molecule has 1 N–H and O–H groups in total. The number of nitrogens with zero attached hydrogens (tertiary/aromatic N) is 3. The quantitative estimate of drug-likeness (QED) is 0.657. The summed E-state index contributed by atoms with van der Waals surface area (Å²) in [6.45, 7) is 8.83. The number of ether oxygens (including phenoxy) is 1. The van der Waals surface area contributed by atoms with Crippen molar-refractivity contribution in [2.75, 3.05) is 5.32 Å². The van der Waals surface area contributed by atoms with Gasteiger partial charge in [-0.25, -0.2) is 4.79 Å². The summed E-state index contributed by atoms with van der Waals surface area (Å²) in [7, 11) is 0. The first kappa shape index (κ1) is 13.9. The predicted octanol–water partition coefficient (Wildman–Crippen LogP) is 1.97. The zero-order chi connectivity index (χ0) is 13.9. The van der Waals surface area contributed by atoms with Crippen LogP contribution in [-0.2, 0) is 11.3 Å². The largest absolute Gasteiger partial charge is 0.444 e. The molecular formula is C10H15N4O4. The molecule has 18 heavy (non-hydrogen) atoms. The Morgan fingerprint density at radius 1 is 1.67 bits per heavy atom. The van der Waals surface area contributed by atoms with E-state index in [9.17, 15) is 14.9 Å². The van der Waals surface area contributed by atoms with E-state index in [-0.39, 0.29) is 18.1 Å². The van der Waals surface area contributed by atoms with Crippen molar-refractivity contribution in [3.63, 3.8) is 0 Å². The van der Waals surface area contributed by atoms with Gasteiger partial charge in [-0.2, -0.15) is 0 Å². The molecule has 0 bridgehead atoms. The highest BCUT2D eigenvalue weighted by Crippen LogP contribution is 2.22. The molecule has 0 fully saturated rings. The summed E-state index contributed by atoms with van der Waals surface area (Å²) in [6, 6.07) is 0. The highest BCUT2D eigenvalue weighted by Gasteiger charge is 2.23. The molecule has 0 unspecified atom stereocenters. The average Bonchev–Trinajstić information content (AvgIpc) is 2.57. The highest BCUT2D eigenvalue weighted by atomic mass is 16.6. The van der Waals surface area contributed by atoms with Gasteiger partial charge >= 0.3 is 11.8 Å².